The van der Waals surface area contributed by atoms with Crippen molar-refractivity contribution in [3.63, 3.8) is 0 Å². The molecule has 67 heavy (non-hydrogen) atoms. The van der Waals surface area contributed by atoms with Crippen LogP contribution in [0, 0.1) is 57.2 Å². The van der Waals surface area contributed by atoms with Crippen LogP contribution in [0.15, 0.2) is 53.6 Å². The number of carbonyl (C=O) groups is 2. The van der Waals surface area contributed by atoms with Crippen LogP contribution in [0.1, 0.15) is 160 Å². The Morgan fingerprint density at radius 1 is 0.925 bits per heavy atom. The number of hydrogen-bond acceptors (Lipinski definition) is 10. The second-order valence-electron chi connectivity index (χ2n) is 24.6. The number of Topliss-reactive ketones (excluding diaryl/α,β-unsaturated/α-hetero) is 2. The van der Waals surface area contributed by atoms with Crippen molar-refractivity contribution in [2.75, 3.05) is 25.9 Å². The number of anilines is 1. The van der Waals surface area contributed by atoms with Gasteiger partial charge in [-0.05, 0) is 184 Å². The number of phenols is 1. The second kappa shape index (κ2) is 17.9. The monoisotopic (exact) mass is 922 g/mol. The van der Waals surface area contributed by atoms with Crippen molar-refractivity contribution in [3.8, 4) is 5.75 Å². The first kappa shape index (κ1) is 48.9. The number of aliphatic hydroxyl groups excluding tert-OH is 3. The molecule has 6 aliphatic carbocycles. The number of aromatic hydroxyl groups is 1. The molecule has 8 N–H and O–H groups in total. The molecule has 0 radical (unpaired) electrons. The smallest absolute Gasteiger partial charge is 0.160 e. The van der Waals surface area contributed by atoms with Gasteiger partial charge in [0, 0.05) is 54.6 Å². The third-order valence-corrected chi connectivity index (χ3v) is 20.2. The summed E-state index contributed by atoms with van der Waals surface area (Å²) in [7, 11) is 1.89. The molecule has 7 aliphatic rings. The van der Waals surface area contributed by atoms with Gasteiger partial charge in [-0.25, -0.2) is 0 Å². The average molecular weight is 922 g/mol. The normalized spacial score (nSPS) is 40.5. The molecule has 0 spiro atoms. The number of benzene rings is 2. The predicted octanol–water partition coefficient (Wildman–Crippen LogP) is 8.74. The van der Waals surface area contributed by atoms with Crippen LogP contribution in [-0.4, -0.2) is 82.1 Å². The maximum absolute atomic E-state index is 15.3. The van der Waals surface area contributed by atoms with Crippen molar-refractivity contribution in [3.05, 3.63) is 70.3 Å². The first-order chi connectivity index (χ1) is 31.7. The second-order valence-corrected chi connectivity index (χ2v) is 24.6. The number of hydrogen-bond donors (Lipinski definition) is 7. The summed E-state index contributed by atoms with van der Waals surface area (Å²) in [6, 6.07) is 13.8. The van der Waals surface area contributed by atoms with Crippen LogP contribution in [-0.2, 0) is 20.9 Å². The van der Waals surface area contributed by atoms with E-state index in [1.165, 1.54) is 11.1 Å². The fourth-order valence-electron chi connectivity index (χ4n) is 17.4. The van der Waals surface area contributed by atoms with Gasteiger partial charge in [0.1, 0.15) is 17.6 Å². The van der Waals surface area contributed by atoms with Crippen LogP contribution < -0.4 is 16.4 Å². The molecular formula is C57H83N3O7. The summed E-state index contributed by atoms with van der Waals surface area (Å²) in [6.45, 7) is 16.6. The maximum Gasteiger partial charge on any atom is 0.160 e. The molecule has 368 valence electrons. The van der Waals surface area contributed by atoms with Gasteiger partial charge in [-0.15, -0.1) is 0 Å². The largest absolute Gasteiger partial charge is 0.508 e. The van der Waals surface area contributed by atoms with E-state index in [2.05, 4.69) is 70.4 Å². The summed E-state index contributed by atoms with van der Waals surface area (Å²) in [6.07, 6.45) is 9.40. The highest BCUT2D eigenvalue weighted by Crippen LogP contribution is 2.75. The van der Waals surface area contributed by atoms with E-state index in [-0.39, 0.29) is 82.4 Å². The minimum absolute atomic E-state index is 0.0208. The minimum Gasteiger partial charge on any atom is -0.508 e. The molecule has 5 saturated carbocycles. The van der Waals surface area contributed by atoms with Crippen LogP contribution >= 0.6 is 0 Å². The summed E-state index contributed by atoms with van der Waals surface area (Å²) in [5, 5.41) is 51.8. The van der Waals surface area contributed by atoms with E-state index < -0.39 is 34.6 Å². The van der Waals surface area contributed by atoms with E-state index in [0.29, 0.717) is 38.3 Å². The summed E-state index contributed by atoms with van der Waals surface area (Å²) in [4.78, 5) is 30.4. The molecule has 6 fully saturated rings. The van der Waals surface area contributed by atoms with Crippen molar-refractivity contribution >= 4 is 17.3 Å². The van der Waals surface area contributed by atoms with E-state index in [1.54, 1.807) is 12.1 Å². The lowest BCUT2D eigenvalue weighted by molar-refractivity contribution is -0.193. The van der Waals surface area contributed by atoms with Crippen molar-refractivity contribution in [2.45, 2.75) is 180 Å². The van der Waals surface area contributed by atoms with Gasteiger partial charge in [0.2, 0.25) is 0 Å². The number of ketones is 2. The van der Waals surface area contributed by atoms with Crippen molar-refractivity contribution < 1.29 is 34.8 Å². The lowest BCUT2D eigenvalue weighted by Gasteiger charge is -2.70. The lowest BCUT2D eigenvalue weighted by atomic mass is 9.34. The molecule has 0 bridgehead atoms. The van der Waals surface area contributed by atoms with E-state index >= 15 is 9.59 Å². The Hall–Kier alpha value is -3.12. The third kappa shape index (κ3) is 8.17. The topological polar surface area (TPSA) is 178 Å². The van der Waals surface area contributed by atoms with Crippen LogP contribution in [0.4, 0.5) is 5.69 Å². The number of rotatable bonds is 14. The standard InChI is InChI=1S/C57H83N3O7/c1-32(62)29-60-45-27-56(6)48(54(4)26-42(51(66)53(2,3)50(45)54)37-21-34(30-59-8)22-39(63)24-37)19-18-44-49(47(65)28-55(44,56)5)41(35-13-9-12-33(20-35)31-61)25-46(64)52-57(7,67-52)43-17-11-16-40(43)36-14-10-15-38(58)23-36/h10,14-15,21-24,32-33,35,40-43,45-46,48,50,52,59-64H,9,11-13,16-20,25-31,58H2,1-8H3/t32-,33-,35-,40-,41-,42-,43+,45-,46+,48+,50-,52+,54-,55-,56-,57+/m0/s1. The van der Waals surface area contributed by atoms with Gasteiger partial charge in [0.15, 0.2) is 5.78 Å². The first-order valence-corrected chi connectivity index (χ1v) is 26.2. The number of fused-ring (bicyclic) bond motifs is 5. The van der Waals surface area contributed by atoms with Gasteiger partial charge >= 0.3 is 0 Å². The molecule has 10 nitrogen and oxygen atoms in total. The molecular weight excluding hydrogens is 839 g/mol. The van der Waals surface area contributed by atoms with Gasteiger partial charge < -0.3 is 41.5 Å². The van der Waals surface area contributed by atoms with Crippen molar-refractivity contribution in [1.29, 1.82) is 0 Å². The van der Waals surface area contributed by atoms with Crippen LogP contribution in [0.2, 0.25) is 0 Å². The summed E-state index contributed by atoms with van der Waals surface area (Å²) < 4.78 is 6.68. The highest BCUT2D eigenvalue weighted by molar-refractivity contribution is 6.01. The molecule has 1 saturated heterocycles. The van der Waals surface area contributed by atoms with Gasteiger partial charge in [-0.1, -0.05) is 71.2 Å². The maximum atomic E-state index is 15.3. The summed E-state index contributed by atoms with van der Waals surface area (Å²) in [5.74, 6) is 1.16. The van der Waals surface area contributed by atoms with Gasteiger partial charge in [-0.2, -0.15) is 0 Å². The molecule has 0 unspecified atom stereocenters. The number of ether oxygens (including phenoxy) is 1. The Balaban J connectivity index is 1.08. The highest BCUT2D eigenvalue weighted by atomic mass is 16.6. The van der Waals surface area contributed by atoms with Gasteiger partial charge in [-0.3, -0.25) is 9.59 Å². The first-order valence-electron chi connectivity index (χ1n) is 26.2. The molecule has 0 amide bonds. The molecule has 0 aromatic heterocycles. The minimum atomic E-state index is -0.736. The van der Waals surface area contributed by atoms with Crippen molar-refractivity contribution in [1.82, 2.24) is 10.6 Å². The molecule has 1 heterocycles. The number of nitrogen functional groups attached to an aromatic ring is 1. The van der Waals surface area contributed by atoms with E-state index in [4.69, 9.17) is 10.5 Å². The third-order valence-electron chi connectivity index (χ3n) is 20.2. The lowest BCUT2D eigenvalue weighted by Crippen LogP contribution is -2.69. The Labute approximate surface area is 400 Å². The van der Waals surface area contributed by atoms with Crippen LogP contribution in [0.5, 0.6) is 5.75 Å². The number of allylic oxidation sites excluding steroid dienone is 2. The predicted molar refractivity (Wildman–Crippen MR) is 263 cm³/mol. The Kier molecular flexibility index (Phi) is 13.1. The van der Waals surface area contributed by atoms with Crippen LogP contribution in [0.3, 0.4) is 0 Å². The van der Waals surface area contributed by atoms with Gasteiger partial charge in [0.25, 0.3) is 0 Å². The average Bonchev–Trinajstić information content (AvgIpc) is 3.57. The number of nitrogens with two attached hydrogens (primary N) is 1. The molecule has 9 rings (SSSR count). The Morgan fingerprint density at radius 3 is 2.40 bits per heavy atom. The number of phenolic OH excluding ortho intramolecular Hbond substituents is 1. The summed E-state index contributed by atoms with van der Waals surface area (Å²) in [5.41, 5.74) is 10.0. The SMILES string of the molecule is CNCc1cc(O)cc([C@@H]2C[C@@]3(C)[C@H]4CCC5=C([C@@H](C[C@@H](O)[C@H]6O[C@]6(C)[C@@H]6CCC[C@H]6c6cccc(N)c6)[C@H]6CCC[C@H](CO)C6)C(=O)C[C@]5(C)[C@@]4(C)C[C@H](NC[C@H](C)O)[C@H]3C(C)(C)C2=O)c1. The molecule has 10 heteroatoms. The zero-order valence-corrected chi connectivity index (χ0v) is 41.9. The van der Waals surface area contributed by atoms with E-state index in [0.717, 1.165) is 86.6 Å². The van der Waals surface area contributed by atoms with Crippen molar-refractivity contribution in [2.24, 2.45) is 57.2 Å². The zero-order chi connectivity index (χ0) is 48.0. The van der Waals surface area contributed by atoms with Crippen LogP contribution in [0.25, 0.3) is 0 Å². The number of epoxide rings is 1. The highest BCUT2D eigenvalue weighted by Gasteiger charge is 2.72. The number of nitrogens with one attached hydrogen (secondary N) is 2. The fraction of sp³-hybridized carbons (Fsp3) is 0.719. The molecule has 2 aromatic carbocycles. The molecule has 16 atom stereocenters. The molecule has 1 aliphatic heterocycles. The van der Waals surface area contributed by atoms with E-state index in [9.17, 15) is 20.4 Å². The summed E-state index contributed by atoms with van der Waals surface area (Å²) >= 11 is 0. The Morgan fingerprint density at radius 2 is 1.69 bits per heavy atom. The molecule has 2 aromatic rings. The van der Waals surface area contributed by atoms with E-state index in [1.807, 2.05) is 26.1 Å². The number of carbonyl (C=O) groups excluding carboxylic acids is 2. The zero-order valence-electron chi connectivity index (χ0n) is 41.9. The fourth-order valence-corrected chi connectivity index (χ4v) is 17.4. The quantitative estimate of drug-likeness (QED) is 0.0717. The Bertz CT molecular complexity index is 2240. The number of aliphatic hydroxyl groups is 3. The van der Waals surface area contributed by atoms with Gasteiger partial charge in [0.05, 0.1) is 17.8 Å².